The van der Waals surface area contributed by atoms with Crippen molar-refractivity contribution in [2.24, 2.45) is 0 Å². The zero-order valence-corrected chi connectivity index (χ0v) is 14.9. The first-order valence-electron chi connectivity index (χ1n) is 7.06. The van der Waals surface area contributed by atoms with Crippen molar-refractivity contribution in [3.63, 3.8) is 0 Å². The van der Waals surface area contributed by atoms with Crippen molar-refractivity contribution in [1.29, 1.82) is 0 Å². The van der Waals surface area contributed by atoms with Crippen LogP contribution in [0.15, 0.2) is 42.5 Å². The first-order chi connectivity index (χ1) is 11.0. The summed E-state index contributed by atoms with van der Waals surface area (Å²) in [7, 11) is 0. The molecule has 0 aliphatic carbocycles. The number of fused-ring (bicyclic) bond motifs is 1. The third-order valence-electron chi connectivity index (χ3n) is 3.81. The van der Waals surface area contributed by atoms with Crippen molar-refractivity contribution in [2.75, 3.05) is 0 Å². The van der Waals surface area contributed by atoms with Crippen LogP contribution in [0, 0.1) is 0 Å². The van der Waals surface area contributed by atoms with E-state index in [0.717, 1.165) is 10.8 Å². The Morgan fingerprint density at radius 2 is 1.62 bits per heavy atom. The standard InChI is InChI=1S/C16H16O7.Na/c17-11-12(18)14(15(20)21)23-16(13(11)19)22-10-7-3-5-8-4-1-2-6-9(8)10;/h1-7,11-14,16-19H,(H,20,21);/t11-,12-,13+,14-,16+;/m0./s1. The van der Waals surface area contributed by atoms with Crippen LogP contribution in [0.1, 0.15) is 0 Å². The summed E-state index contributed by atoms with van der Waals surface area (Å²) in [5.74, 6) is -1.07. The molecular weight excluding hydrogens is 327 g/mol. The molecule has 1 aliphatic heterocycles. The third-order valence-corrected chi connectivity index (χ3v) is 3.81. The van der Waals surface area contributed by atoms with Crippen LogP contribution in [0.4, 0.5) is 0 Å². The smallest absolute Gasteiger partial charge is 0.335 e. The summed E-state index contributed by atoms with van der Waals surface area (Å²) in [6.07, 6.45) is -8.12. The Balaban J connectivity index is 0.00000208. The van der Waals surface area contributed by atoms with E-state index in [1.54, 1.807) is 18.2 Å². The molecule has 0 amide bonds. The van der Waals surface area contributed by atoms with E-state index >= 15 is 0 Å². The summed E-state index contributed by atoms with van der Waals surface area (Å²) in [4.78, 5) is 11.1. The summed E-state index contributed by atoms with van der Waals surface area (Å²) in [6, 6.07) is 12.6. The van der Waals surface area contributed by atoms with Gasteiger partial charge in [0.1, 0.15) is 24.1 Å². The minimum atomic E-state index is -1.74. The van der Waals surface area contributed by atoms with Crippen molar-refractivity contribution in [3.05, 3.63) is 42.5 Å². The molecule has 5 atom stereocenters. The average molecular weight is 343 g/mol. The molecule has 8 heteroatoms. The predicted octanol–water partition coefficient (Wildman–Crippen LogP) is -0.270. The molecule has 0 unspecified atom stereocenters. The molecule has 0 saturated carbocycles. The number of carbonyl (C=O) groups is 1. The van der Waals surface area contributed by atoms with E-state index in [1.165, 1.54) is 0 Å². The van der Waals surface area contributed by atoms with E-state index in [-0.39, 0.29) is 29.6 Å². The van der Waals surface area contributed by atoms with Crippen LogP contribution in [0.3, 0.4) is 0 Å². The molecule has 24 heavy (non-hydrogen) atoms. The largest absolute Gasteiger partial charge is 0.479 e. The Hall–Kier alpha value is -1.19. The van der Waals surface area contributed by atoms with Gasteiger partial charge in [-0.15, -0.1) is 0 Å². The van der Waals surface area contributed by atoms with Crippen molar-refractivity contribution >= 4 is 46.3 Å². The molecule has 0 aromatic heterocycles. The Morgan fingerprint density at radius 3 is 2.33 bits per heavy atom. The molecule has 1 fully saturated rings. The fraction of sp³-hybridized carbons (Fsp3) is 0.312. The van der Waals surface area contributed by atoms with Crippen LogP contribution in [0.5, 0.6) is 5.75 Å². The zero-order valence-electron chi connectivity index (χ0n) is 12.9. The molecular formula is C16H16NaO7. The van der Waals surface area contributed by atoms with Gasteiger partial charge in [0.25, 0.3) is 0 Å². The molecule has 2 aromatic rings. The quantitative estimate of drug-likeness (QED) is 0.567. The number of aliphatic carboxylic acids is 1. The van der Waals surface area contributed by atoms with Gasteiger partial charge in [0.15, 0.2) is 6.10 Å². The number of ether oxygens (including phenoxy) is 2. The molecule has 3 rings (SSSR count). The first-order valence-corrected chi connectivity index (χ1v) is 7.06. The fourth-order valence-corrected chi connectivity index (χ4v) is 2.57. The number of hydrogen-bond acceptors (Lipinski definition) is 6. The summed E-state index contributed by atoms with van der Waals surface area (Å²) < 4.78 is 10.7. The molecule has 7 nitrogen and oxygen atoms in total. The molecule has 2 aromatic carbocycles. The monoisotopic (exact) mass is 343 g/mol. The minimum absolute atomic E-state index is 0. The first kappa shape index (κ1) is 19.1. The van der Waals surface area contributed by atoms with E-state index in [9.17, 15) is 20.1 Å². The number of aliphatic hydroxyl groups is 3. The minimum Gasteiger partial charge on any atom is -0.479 e. The maximum atomic E-state index is 11.1. The average Bonchev–Trinajstić information content (AvgIpc) is 2.55. The summed E-state index contributed by atoms with van der Waals surface area (Å²) in [5.41, 5.74) is 0. The van der Waals surface area contributed by atoms with E-state index < -0.39 is 36.7 Å². The number of aliphatic hydroxyl groups excluding tert-OH is 3. The molecule has 123 valence electrons. The van der Waals surface area contributed by atoms with Crippen LogP contribution in [0.2, 0.25) is 0 Å². The Bertz CT molecular complexity index is 717. The van der Waals surface area contributed by atoms with Crippen molar-refractivity contribution in [2.45, 2.75) is 30.7 Å². The Labute approximate surface area is 159 Å². The van der Waals surface area contributed by atoms with Gasteiger partial charge in [-0.25, -0.2) is 4.79 Å². The maximum Gasteiger partial charge on any atom is 0.335 e. The Morgan fingerprint density at radius 1 is 0.958 bits per heavy atom. The second-order valence-electron chi connectivity index (χ2n) is 5.33. The third kappa shape index (κ3) is 3.57. The van der Waals surface area contributed by atoms with Crippen LogP contribution in [-0.2, 0) is 9.53 Å². The van der Waals surface area contributed by atoms with Gasteiger partial charge in [-0.1, -0.05) is 36.4 Å². The molecule has 0 bridgehead atoms. The summed E-state index contributed by atoms with van der Waals surface area (Å²) in [6.45, 7) is 0. The van der Waals surface area contributed by atoms with E-state index in [1.807, 2.05) is 24.3 Å². The maximum absolute atomic E-state index is 11.1. The number of hydrogen-bond donors (Lipinski definition) is 4. The van der Waals surface area contributed by atoms with Gasteiger partial charge >= 0.3 is 5.97 Å². The van der Waals surface area contributed by atoms with Crippen LogP contribution >= 0.6 is 0 Å². The topological polar surface area (TPSA) is 116 Å². The van der Waals surface area contributed by atoms with Gasteiger partial charge in [-0.2, -0.15) is 0 Å². The number of carboxylic acid groups (broad SMARTS) is 1. The van der Waals surface area contributed by atoms with Crippen LogP contribution < -0.4 is 4.74 Å². The molecule has 4 N–H and O–H groups in total. The van der Waals surface area contributed by atoms with Gasteiger partial charge in [0.05, 0.1) is 0 Å². The van der Waals surface area contributed by atoms with E-state index in [2.05, 4.69) is 0 Å². The zero-order chi connectivity index (χ0) is 16.6. The number of carboxylic acids is 1. The normalized spacial score (nSPS) is 29.7. The molecule has 1 saturated heterocycles. The summed E-state index contributed by atoms with van der Waals surface area (Å²) in [5, 5.41) is 40.1. The fourth-order valence-electron chi connectivity index (χ4n) is 2.57. The van der Waals surface area contributed by atoms with E-state index in [4.69, 9.17) is 14.6 Å². The van der Waals surface area contributed by atoms with Gasteiger partial charge < -0.3 is 29.9 Å². The van der Waals surface area contributed by atoms with Gasteiger partial charge in [-0.3, -0.25) is 0 Å². The number of rotatable bonds is 3. The SMILES string of the molecule is O=C(O)[C@H]1O[C@@H](Oc2cccc3ccccc23)[C@H](O)[C@@H](O)[C@@H]1O.[Na]. The molecule has 0 spiro atoms. The molecule has 1 heterocycles. The van der Waals surface area contributed by atoms with Crippen molar-refractivity contribution in [3.8, 4) is 5.75 Å². The van der Waals surface area contributed by atoms with E-state index in [0.29, 0.717) is 5.75 Å². The van der Waals surface area contributed by atoms with Gasteiger partial charge in [-0.05, 0) is 11.5 Å². The van der Waals surface area contributed by atoms with Crippen LogP contribution in [-0.4, -0.2) is 86.7 Å². The Kier molecular flexibility index (Phi) is 6.22. The van der Waals surface area contributed by atoms with Gasteiger partial charge in [0, 0.05) is 34.9 Å². The second kappa shape index (κ2) is 7.79. The second-order valence-corrected chi connectivity index (χ2v) is 5.33. The van der Waals surface area contributed by atoms with Crippen molar-refractivity contribution in [1.82, 2.24) is 0 Å². The summed E-state index contributed by atoms with van der Waals surface area (Å²) >= 11 is 0. The molecule has 1 radical (unpaired) electrons. The predicted molar refractivity (Wildman–Crippen MR) is 84.6 cm³/mol. The number of benzene rings is 2. The van der Waals surface area contributed by atoms with Crippen molar-refractivity contribution < 1.29 is 34.7 Å². The van der Waals surface area contributed by atoms with Gasteiger partial charge in [0.2, 0.25) is 6.29 Å². The molecule has 1 aliphatic rings. The van der Waals surface area contributed by atoms with Crippen LogP contribution in [0.25, 0.3) is 10.8 Å².